The van der Waals surface area contributed by atoms with Gasteiger partial charge in [0.1, 0.15) is 13.2 Å². The van der Waals surface area contributed by atoms with E-state index < -0.39 is 5.97 Å². The van der Waals surface area contributed by atoms with Crippen LogP contribution in [0, 0.1) is 20.8 Å². The van der Waals surface area contributed by atoms with Crippen molar-refractivity contribution in [2.24, 2.45) is 0 Å². The molecule has 0 saturated carbocycles. The van der Waals surface area contributed by atoms with Crippen molar-refractivity contribution in [3.63, 3.8) is 0 Å². The number of carbonyl (C=O) groups excluding carboxylic acids is 2. The van der Waals surface area contributed by atoms with Gasteiger partial charge in [0.05, 0.1) is 6.54 Å². The minimum absolute atomic E-state index is 0.192. The summed E-state index contributed by atoms with van der Waals surface area (Å²) in [6, 6.07) is 9.31. The van der Waals surface area contributed by atoms with Crippen LogP contribution in [0.4, 0.5) is 0 Å². The van der Waals surface area contributed by atoms with Gasteiger partial charge in [-0.3, -0.25) is 19.0 Å². The fourth-order valence-corrected chi connectivity index (χ4v) is 4.45. The molecule has 1 aromatic carbocycles. The van der Waals surface area contributed by atoms with Crippen LogP contribution < -0.4 is 14.3 Å². The van der Waals surface area contributed by atoms with Crippen LogP contribution in [0.3, 0.4) is 0 Å². The molecule has 0 saturated heterocycles. The molecular formula is C23H24N2O6S. The van der Waals surface area contributed by atoms with E-state index in [1.165, 1.54) is 4.57 Å². The van der Waals surface area contributed by atoms with E-state index in [2.05, 4.69) is 0 Å². The zero-order chi connectivity index (χ0) is 22.8. The number of Topliss-reactive ketones (excluding diaryl/α,β-unsaturated/α-hetero) is 1. The van der Waals surface area contributed by atoms with Gasteiger partial charge in [-0.2, -0.15) is 0 Å². The Morgan fingerprint density at radius 1 is 1.12 bits per heavy atom. The molecule has 0 bridgehead atoms. The summed E-state index contributed by atoms with van der Waals surface area (Å²) in [6.45, 7) is 5.87. The largest absolute Gasteiger partial charge is 0.486 e. The second-order valence-electron chi connectivity index (χ2n) is 7.71. The van der Waals surface area contributed by atoms with Crippen LogP contribution >= 0.6 is 11.3 Å². The maximum atomic E-state index is 12.7. The number of esters is 1. The number of rotatable bonds is 7. The molecule has 0 fully saturated rings. The summed E-state index contributed by atoms with van der Waals surface area (Å²) < 4.78 is 20.3. The van der Waals surface area contributed by atoms with E-state index in [4.69, 9.17) is 14.2 Å². The monoisotopic (exact) mass is 456 g/mol. The molecule has 0 spiro atoms. The van der Waals surface area contributed by atoms with Crippen molar-refractivity contribution < 1.29 is 23.8 Å². The summed E-state index contributed by atoms with van der Waals surface area (Å²) in [5.41, 5.74) is 2.86. The fraction of sp³-hybridized carbons (Fsp3) is 0.348. The number of fused-ring (bicyclic) bond motifs is 1. The molecule has 1 aliphatic rings. The maximum absolute atomic E-state index is 12.7. The number of ether oxygens (including phenoxy) is 3. The van der Waals surface area contributed by atoms with Gasteiger partial charge in [-0.1, -0.05) is 23.5 Å². The second-order valence-corrected chi connectivity index (χ2v) is 8.53. The van der Waals surface area contributed by atoms with Crippen LogP contribution in [-0.4, -0.2) is 40.2 Å². The molecule has 8 nitrogen and oxygen atoms in total. The summed E-state index contributed by atoms with van der Waals surface area (Å²) >= 11 is 1.02. The molecule has 9 heteroatoms. The number of thiazole rings is 1. The predicted octanol–water partition coefficient (Wildman–Crippen LogP) is 2.90. The molecule has 1 aliphatic heterocycles. The summed E-state index contributed by atoms with van der Waals surface area (Å²) in [4.78, 5) is 36.3. The van der Waals surface area contributed by atoms with E-state index in [1.54, 1.807) is 18.4 Å². The number of hydrogen-bond acceptors (Lipinski definition) is 7. The van der Waals surface area contributed by atoms with Gasteiger partial charge in [0, 0.05) is 28.0 Å². The first kappa shape index (κ1) is 21.9. The third-order valence-corrected chi connectivity index (χ3v) is 6.34. The molecule has 0 unspecified atom stereocenters. The minimum Gasteiger partial charge on any atom is -0.486 e. The lowest BCUT2D eigenvalue weighted by Crippen LogP contribution is -2.33. The van der Waals surface area contributed by atoms with Gasteiger partial charge in [-0.15, -0.1) is 0 Å². The summed E-state index contributed by atoms with van der Waals surface area (Å²) in [6.07, 6.45) is -0.192. The first-order chi connectivity index (χ1) is 15.3. The number of hydrogen-bond donors (Lipinski definition) is 0. The molecule has 2 aromatic heterocycles. The van der Waals surface area contributed by atoms with Gasteiger partial charge >= 0.3 is 10.8 Å². The number of carbonyl (C=O) groups is 2. The third-order valence-electron chi connectivity index (χ3n) is 5.46. The SMILES string of the molecule is Cc1cc(C(=O)COC(=O)Cn2c(C)csc2=O)c(C)n1C[C@@H]1COc2ccccc2O1. The van der Waals surface area contributed by atoms with E-state index in [0.29, 0.717) is 30.2 Å². The molecule has 0 radical (unpaired) electrons. The Kier molecular flexibility index (Phi) is 6.18. The molecule has 1 atom stereocenters. The Bertz CT molecular complexity index is 1220. The quantitative estimate of drug-likeness (QED) is 0.401. The zero-order valence-corrected chi connectivity index (χ0v) is 18.9. The Morgan fingerprint density at radius 2 is 1.88 bits per heavy atom. The highest BCUT2D eigenvalue weighted by Gasteiger charge is 2.24. The lowest BCUT2D eigenvalue weighted by atomic mass is 10.1. The van der Waals surface area contributed by atoms with Crippen molar-refractivity contribution in [2.75, 3.05) is 13.2 Å². The highest BCUT2D eigenvalue weighted by atomic mass is 32.1. The van der Waals surface area contributed by atoms with Crippen LogP contribution in [0.5, 0.6) is 11.5 Å². The predicted molar refractivity (Wildman–Crippen MR) is 119 cm³/mol. The number of benzene rings is 1. The van der Waals surface area contributed by atoms with Gasteiger partial charge in [0.2, 0.25) is 5.78 Å². The van der Waals surface area contributed by atoms with Crippen LogP contribution in [0.2, 0.25) is 0 Å². The van der Waals surface area contributed by atoms with E-state index >= 15 is 0 Å². The maximum Gasteiger partial charge on any atom is 0.326 e. The molecule has 4 rings (SSSR count). The highest BCUT2D eigenvalue weighted by molar-refractivity contribution is 7.07. The third kappa shape index (κ3) is 4.47. The Labute approximate surface area is 189 Å². The normalized spacial score (nSPS) is 14.9. The topological polar surface area (TPSA) is 88.8 Å². The molecule has 0 aliphatic carbocycles. The Balaban J connectivity index is 1.38. The molecule has 3 heterocycles. The number of para-hydroxylation sites is 2. The molecule has 32 heavy (non-hydrogen) atoms. The van der Waals surface area contributed by atoms with Crippen molar-refractivity contribution in [1.82, 2.24) is 9.13 Å². The van der Waals surface area contributed by atoms with Crippen LogP contribution in [0.1, 0.15) is 27.4 Å². The van der Waals surface area contributed by atoms with Gasteiger partial charge in [0.25, 0.3) is 0 Å². The standard InChI is InChI=1S/C23H24N2O6S/c1-14-8-18(19(26)12-30-22(27)10-25-15(2)13-32-23(25)28)16(3)24(14)9-17-11-29-20-6-4-5-7-21(20)31-17/h4-8,13,17H,9-12H2,1-3H3/t17-/m1/s1. The number of nitrogens with zero attached hydrogens (tertiary/aromatic N) is 2. The van der Waals surface area contributed by atoms with Gasteiger partial charge < -0.3 is 18.8 Å². The van der Waals surface area contributed by atoms with E-state index in [0.717, 1.165) is 28.5 Å². The van der Waals surface area contributed by atoms with E-state index in [9.17, 15) is 14.4 Å². The molecule has 0 amide bonds. The zero-order valence-electron chi connectivity index (χ0n) is 18.1. The van der Waals surface area contributed by atoms with Crippen molar-refractivity contribution in [3.8, 4) is 11.5 Å². The smallest absolute Gasteiger partial charge is 0.326 e. The molecule has 0 N–H and O–H groups in total. The number of aromatic nitrogens is 2. The number of aryl methyl sites for hydroxylation is 2. The van der Waals surface area contributed by atoms with Crippen molar-refractivity contribution >= 4 is 23.1 Å². The highest BCUT2D eigenvalue weighted by Crippen LogP contribution is 2.31. The minimum atomic E-state index is -0.623. The van der Waals surface area contributed by atoms with Crippen molar-refractivity contribution in [2.45, 2.75) is 40.0 Å². The van der Waals surface area contributed by atoms with Gasteiger partial charge in [-0.05, 0) is 39.0 Å². The van der Waals surface area contributed by atoms with Crippen LogP contribution in [-0.2, 0) is 22.6 Å². The van der Waals surface area contributed by atoms with E-state index in [1.807, 2.05) is 42.7 Å². The second kappa shape index (κ2) is 9.04. The summed E-state index contributed by atoms with van der Waals surface area (Å²) in [5.74, 6) is 0.511. The Morgan fingerprint density at radius 3 is 2.59 bits per heavy atom. The summed E-state index contributed by atoms with van der Waals surface area (Å²) in [7, 11) is 0. The Hall–Kier alpha value is -3.33. The van der Waals surface area contributed by atoms with Crippen molar-refractivity contribution in [3.05, 3.63) is 68.0 Å². The lowest BCUT2D eigenvalue weighted by molar-refractivity contribution is -0.143. The first-order valence-corrected chi connectivity index (χ1v) is 11.1. The van der Waals surface area contributed by atoms with Crippen LogP contribution in [0.25, 0.3) is 0 Å². The molecule has 3 aromatic rings. The van der Waals surface area contributed by atoms with Gasteiger partial charge in [-0.25, -0.2) is 0 Å². The average Bonchev–Trinajstić information content (AvgIpc) is 3.25. The van der Waals surface area contributed by atoms with Gasteiger partial charge in [0.15, 0.2) is 24.2 Å². The fourth-order valence-electron chi connectivity index (χ4n) is 3.72. The van der Waals surface area contributed by atoms with E-state index in [-0.39, 0.29) is 29.9 Å². The molecule has 168 valence electrons. The van der Waals surface area contributed by atoms with Crippen LogP contribution in [0.15, 0.2) is 40.5 Å². The lowest BCUT2D eigenvalue weighted by Gasteiger charge is -2.27. The first-order valence-electron chi connectivity index (χ1n) is 10.2. The summed E-state index contributed by atoms with van der Waals surface area (Å²) in [5, 5.41) is 1.68. The van der Waals surface area contributed by atoms with Crippen molar-refractivity contribution in [1.29, 1.82) is 0 Å². The molecular weight excluding hydrogens is 432 g/mol. The number of ketones is 1. The average molecular weight is 457 g/mol.